The molecule has 4 amide bonds. The van der Waals surface area contributed by atoms with E-state index in [0.717, 1.165) is 17.7 Å². The minimum absolute atomic E-state index is 0.0308. The number of carbonyl (C=O) groups is 4. The van der Waals surface area contributed by atoms with Crippen LogP contribution in [0.4, 0.5) is 25.0 Å². The van der Waals surface area contributed by atoms with Crippen LogP contribution in [-0.2, 0) is 36.8 Å². The number of rotatable bonds is 7. The number of hydrogen-bond acceptors (Lipinski definition) is 7. The molecule has 5 N–H and O–H groups in total. The summed E-state index contributed by atoms with van der Waals surface area (Å²) < 4.78 is 39.2. The number of anilines is 2. The molecule has 1 fully saturated rings. The number of alkyl carbamates (subject to hydrolysis) is 1. The van der Waals surface area contributed by atoms with Crippen molar-refractivity contribution in [2.24, 2.45) is 5.92 Å². The van der Waals surface area contributed by atoms with Crippen molar-refractivity contribution >= 4 is 35.2 Å². The Hall–Kier alpha value is -4.26. The Morgan fingerprint density at radius 1 is 1.07 bits per heavy atom. The first-order valence-electron chi connectivity index (χ1n) is 13.3. The van der Waals surface area contributed by atoms with Crippen LogP contribution in [0.3, 0.4) is 0 Å². The van der Waals surface area contributed by atoms with Gasteiger partial charge in [-0.05, 0) is 61.1 Å². The Morgan fingerprint density at radius 3 is 2.41 bits per heavy atom. The fourth-order valence-corrected chi connectivity index (χ4v) is 5.05. The summed E-state index contributed by atoms with van der Waals surface area (Å²) in [6.45, 7) is 2.07. The maximum atomic E-state index is 14.4. The minimum atomic E-state index is -1.21. The molecule has 2 unspecified atom stereocenters. The lowest BCUT2D eigenvalue weighted by atomic mass is 9.87. The van der Waals surface area contributed by atoms with E-state index in [4.69, 9.17) is 15.2 Å². The second-order valence-electron chi connectivity index (χ2n) is 10.0. The van der Waals surface area contributed by atoms with Crippen LogP contribution >= 0.6 is 0 Å². The van der Waals surface area contributed by atoms with E-state index in [1.807, 2.05) is 0 Å². The van der Waals surface area contributed by atoms with Crippen molar-refractivity contribution < 1.29 is 37.4 Å². The molecule has 41 heavy (non-hydrogen) atoms. The maximum Gasteiger partial charge on any atom is 0.407 e. The van der Waals surface area contributed by atoms with Crippen LogP contribution in [0.25, 0.3) is 0 Å². The van der Waals surface area contributed by atoms with Gasteiger partial charge in [-0.3, -0.25) is 14.4 Å². The number of ether oxygens (including phenoxy) is 2. The molecule has 220 valence electrons. The number of halogens is 2. The van der Waals surface area contributed by atoms with E-state index in [9.17, 15) is 28.0 Å². The highest BCUT2D eigenvalue weighted by Crippen LogP contribution is 2.30. The predicted molar refractivity (Wildman–Crippen MR) is 144 cm³/mol. The van der Waals surface area contributed by atoms with Crippen LogP contribution < -0.4 is 21.7 Å². The summed E-state index contributed by atoms with van der Waals surface area (Å²) in [5.41, 5.74) is 7.26. The van der Waals surface area contributed by atoms with Gasteiger partial charge in [0.1, 0.15) is 29.4 Å². The molecular formula is C28H33F2N5O6. The zero-order valence-electron chi connectivity index (χ0n) is 22.7. The molecule has 11 nitrogen and oxygen atoms in total. The number of nitrogens with two attached hydrogens (primary N) is 1. The van der Waals surface area contributed by atoms with E-state index in [-0.39, 0.29) is 18.9 Å². The van der Waals surface area contributed by atoms with Gasteiger partial charge >= 0.3 is 6.09 Å². The number of nitrogen functional groups attached to an aromatic ring is 1. The standard InChI is InChI=1S/C28H33F2N5O6/c1-15(41-28(39)32-2)25(36)33-23(16-8-10-40-11-9-16)27(38)35-14-18-12-19(31)7-6-17(18)13-22(35)26(37)34-24-20(29)4-3-5-21(24)30/h3-7,12,15-16,22-23H,8-11,13-14,31H2,1-2H3,(H,32,39)(H,33,36)(H,34,37)/t15?,22-,23?/m0/s1. The molecule has 0 radical (unpaired) electrons. The van der Waals surface area contributed by atoms with E-state index in [1.165, 1.54) is 24.9 Å². The van der Waals surface area contributed by atoms with Gasteiger partial charge in [-0.2, -0.15) is 0 Å². The van der Waals surface area contributed by atoms with E-state index >= 15 is 0 Å². The van der Waals surface area contributed by atoms with Gasteiger partial charge in [0.05, 0.1) is 0 Å². The van der Waals surface area contributed by atoms with E-state index < -0.39 is 59.3 Å². The van der Waals surface area contributed by atoms with Gasteiger partial charge in [0.2, 0.25) is 11.8 Å². The summed E-state index contributed by atoms with van der Waals surface area (Å²) >= 11 is 0. The van der Waals surface area contributed by atoms with E-state index in [0.29, 0.717) is 37.3 Å². The Bertz CT molecular complexity index is 1300. The average Bonchev–Trinajstić information content (AvgIpc) is 2.96. The summed E-state index contributed by atoms with van der Waals surface area (Å²) in [4.78, 5) is 53.7. The first-order valence-corrected chi connectivity index (χ1v) is 13.3. The molecule has 1 saturated heterocycles. The van der Waals surface area contributed by atoms with Crippen LogP contribution in [0.1, 0.15) is 30.9 Å². The number of carbonyl (C=O) groups excluding carboxylic acids is 4. The molecule has 0 bridgehead atoms. The molecule has 2 aromatic rings. The molecule has 4 rings (SSSR count). The Labute approximate surface area is 235 Å². The molecule has 13 heteroatoms. The third-order valence-corrected chi connectivity index (χ3v) is 7.32. The average molecular weight is 574 g/mol. The van der Waals surface area contributed by atoms with Crippen LogP contribution in [0, 0.1) is 17.6 Å². The molecule has 2 aliphatic heterocycles. The van der Waals surface area contributed by atoms with Crippen LogP contribution in [-0.4, -0.2) is 67.2 Å². The summed E-state index contributed by atoms with van der Waals surface area (Å²) in [6.07, 6.45) is -1.07. The summed E-state index contributed by atoms with van der Waals surface area (Å²) in [5.74, 6) is -4.33. The third kappa shape index (κ3) is 6.91. The van der Waals surface area contributed by atoms with Gasteiger partial charge in [-0.25, -0.2) is 13.6 Å². The van der Waals surface area contributed by atoms with Crippen molar-refractivity contribution in [3.05, 3.63) is 59.2 Å². The predicted octanol–water partition coefficient (Wildman–Crippen LogP) is 2.09. The summed E-state index contributed by atoms with van der Waals surface area (Å²) in [5, 5.41) is 7.27. The lowest BCUT2D eigenvalue weighted by Crippen LogP contribution is -2.60. The molecule has 3 atom stereocenters. The zero-order valence-corrected chi connectivity index (χ0v) is 22.7. The zero-order chi connectivity index (χ0) is 29.7. The Balaban J connectivity index is 1.66. The van der Waals surface area contributed by atoms with E-state index in [2.05, 4.69) is 16.0 Å². The maximum absolute atomic E-state index is 14.4. The van der Waals surface area contributed by atoms with Crippen LogP contribution in [0.5, 0.6) is 0 Å². The molecule has 0 saturated carbocycles. The second-order valence-corrected chi connectivity index (χ2v) is 10.0. The van der Waals surface area contributed by atoms with Crippen LogP contribution in [0.2, 0.25) is 0 Å². The highest BCUT2D eigenvalue weighted by Gasteiger charge is 2.42. The molecule has 0 aromatic heterocycles. The number of nitrogens with one attached hydrogen (secondary N) is 3. The quantitative estimate of drug-likeness (QED) is 0.370. The molecule has 2 heterocycles. The first-order chi connectivity index (χ1) is 19.6. The molecule has 0 spiro atoms. The van der Waals surface area contributed by atoms with Crippen molar-refractivity contribution in [3.63, 3.8) is 0 Å². The van der Waals surface area contributed by atoms with Gasteiger partial charge in [0.25, 0.3) is 5.91 Å². The van der Waals surface area contributed by atoms with Gasteiger partial charge in [0, 0.05) is 38.9 Å². The topological polar surface area (TPSA) is 152 Å². The largest absolute Gasteiger partial charge is 0.436 e. The van der Waals surface area contributed by atoms with Gasteiger partial charge < -0.3 is 36.1 Å². The Morgan fingerprint density at radius 2 is 1.76 bits per heavy atom. The monoisotopic (exact) mass is 573 g/mol. The third-order valence-electron chi connectivity index (χ3n) is 7.32. The number of hydrogen-bond donors (Lipinski definition) is 4. The van der Waals surface area contributed by atoms with Crippen molar-refractivity contribution in [3.8, 4) is 0 Å². The molecular weight excluding hydrogens is 540 g/mol. The highest BCUT2D eigenvalue weighted by molar-refractivity contribution is 5.99. The molecule has 2 aromatic carbocycles. The number of amides is 4. The van der Waals surface area contributed by atoms with Crippen LogP contribution in [0.15, 0.2) is 36.4 Å². The molecule has 2 aliphatic rings. The number of nitrogens with zero attached hydrogens (tertiary/aromatic N) is 1. The number of para-hydroxylation sites is 1. The number of fused-ring (bicyclic) bond motifs is 1. The SMILES string of the molecule is CNC(=O)OC(C)C(=O)NC(C(=O)N1Cc2cc(N)ccc2C[C@H]1C(=O)Nc1c(F)cccc1F)C1CCOCC1. The summed E-state index contributed by atoms with van der Waals surface area (Å²) in [6, 6.07) is 6.06. The molecule has 0 aliphatic carbocycles. The number of benzene rings is 2. The Kier molecular flexibility index (Phi) is 9.38. The van der Waals surface area contributed by atoms with Gasteiger partial charge in [-0.15, -0.1) is 0 Å². The normalized spacial score (nSPS) is 18.4. The lowest BCUT2D eigenvalue weighted by molar-refractivity contribution is -0.146. The van der Waals surface area contributed by atoms with Gasteiger partial charge in [-0.1, -0.05) is 12.1 Å². The van der Waals surface area contributed by atoms with E-state index in [1.54, 1.807) is 18.2 Å². The van der Waals surface area contributed by atoms with Crippen molar-refractivity contribution in [1.29, 1.82) is 0 Å². The smallest absolute Gasteiger partial charge is 0.407 e. The fraction of sp³-hybridized carbons (Fsp3) is 0.429. The second kappa shape index (κ2) is 12.9. The fourth-order valence-electron chi connectivity index (χ4n) is 5.05. The summed E-state index contributed by atoms with van der Waals surface area (Å²) in [7, 11) is 1.35. The first kappa shape index (κ1) is 29.7. The highest BCUT2D eigenvalue weighted by atomic mass is 19.1. The van der Waals surface area contributed by atoms with Crippen molar-refractivity contribution in [1.82, 2.24) is 15.5 Å². The van der Waals surface area contributed by atoms with Crippen molar-refractivity contribution in [2.45, 2.75) is 50.9 Å². The lowest BCUT2D eigenvalue weighted by Gasteiger charge is -2.40. The minimum Gasteiger partial charge on any atom is -0.436 e. The van der Waals surface area contributed by atoms with Gasteiger partial charge in [0.15, 0.2) is 6.10 Å². The van der Waals surface area contributed by atoms with Crippen molar-refractivity contribution in [2.75, 3.05) is 31.3 Å².